The van der Waals surface area contributed by atoms with E-state index in [0.29, 0.717) is 10.3 Å². The molecule has 0 unspecified atom stereocenters. The van der Waals surface area contributed by atoms with Crippen molar-refractivity contribution in [2.24, 2.45) is 0 Å². The van der Waals surface area contributed by atoms with E-state index in [9.17, 15) is 0 Å². The van der Waals surface area contributed by atoms with E-state index in [-0.39, 0.29) is 7.92 Å². The lowest BCUT2D eigenvalue weighted by Crippen LogP contribution is -2.26. The highest BCUT2D eigenvalue weighted by Crippen LogP contribution is 2.61. The van der Waals surface area contributed by atoms with E-state index in [0.717, 1.165) is 6.16 Å². The Labute approximate surface area is 108 Å². The van der Waals surface area contributed by atoms with E-state index >= 15 is 0 Å². The molecule has 0 bridgehead atoms. The lowest BCUT2D eigenvalue weighted by molar-refractivity contribution is 0.701. The summed E-state index contributed by atoms with van der Waals surface area (Å²) in [5.74, 6) is 0. The predicted octanol–water partition coefficient (Wildman–Crippen LogP) is 4.97. The molecule has 0 N–H and O–H groups in total. The second-order valence-corrected chi connectivity index (χ2v) is 10.6. The number of nitrogens with zero attached hydrogens (tertiary/aromatic N) is 1. The summed E-state index contributed by atoms with van der Waals surface area (Å²) in [7, 11) is -0.0977. The summed E-state index contributed by atoms with van der Waals surface area (Å²) in [5.41, 5.74) is 2.61. The van der Waals surface area contributed by atoms with Crippen LogP contribution in [0.15, 0.2) is 18.3 Å². The Bertz CT molecular complexity index is 357. The van der Waals surface area contributed by atoms with Gasteiger partial charge in [0.1, 0.15) is 0 Å². The number of aryl methyl sites for hydroxylation is 1. The van der Waals surface area contributed by atoms with Gasteiger partial charge in [0, 0.05) is 18.1 Å². The third-order valence-corrected chi connectivity index (χ3v) is 6.90. The molecule has 1 aromatic rings. The highest BCUT2D eigenvalue weighted by atomic mass is 31.1. The summed E-state index contributed by atoms with van der Waals surface area (Å²) in [5, 5.41) is 0.745. The van der Waals surface area contributed by atoms with Crippen molar-refractivity contribution in [2.75, 3.05) is 0 Å². The molecule has 1 nitrogen and oxygen atoms in total. The molecular weight excluding hydrogens is 225 g/mol. The van der Waals surface area contributed by atoms with E-state index in [1.165, 1.54) is 11.3 Å². The maximum Gasteiger partial charge on any atom is 0.0475 e. The minimum Gasteiger partial charge on any atom is -0.261 e. The van der Waals surface area contributed by atoms with Gasteiger partial charge in [-0.15, -0.1) is 0 Å². The maximum absolute atomic E-state index is 4.56. The Morgan fingerprint density at radius 2 is 1.59 bits per heavy atom. The van der Waals surface area contributed by atoms with Crippen LogP contribution < -0.4 is 0 Å². The van der Waals surface area contributed by atoms with E-state index < -0.39 is 0 Å². The van der Waals surface area contributed by atoms with Crippen LogP contribution in [-0.2, 0) is 6.16 Å². The molecule has 2 heteroatoms. The highest BCUT2D eigenvalue weighted by Gasteiger charge is 2.34. The van der Waals surface area contributed by atoms with Gasteiger partial charge in [-0.3, -0.25) is 4.98 Å². The van der Waals surface area contributed by atoms with Crippen molar-refractivity contribution in [3.05, 3.63) is 29.6 Å². The second-order valence-electron chi connectivity index (χ2n) is 6.69. The summed E-state index contributed by atoms with van der Waals surface area (Å²) < 4.78 is 0. The monoisotopic (exact) mass is 251 g/mol. The quantitative estimate of drug-likeness (QED) is 0.676. The van der Waals surface area contributed by atoms with Crippen LogP contribution in [0, 0.1) is 6.92 Å². The normalized spacial score (nSPS) is 13.2. The summed E-state index contributed by atoms with van der Waals surface area (Å²) in [4.78, 5) is 4.56. The molecule has 0 amide bonds. The van der Waals surface area contributed by atoms with E-state index in [4.69, 9.17) is 0 Å². The fraction of sp³-hybridized carbons (Fsp3) is 0.667. The summed E-state index contributed by atoms with van der Waals surface area (Å²) >= 11 is 0. The molecule has 0 saturated carbocycles. The summed E-state index contributed by atoms with van der Waals surface area (Å²) in [6.45, 7) is 16.3. The fourth-order valence-electron chi connectivity index (χ4n) is 2.31. The van der Waals surface area contributed by atoms with Crippen LogP contribution >= 0.6 is 7.92 Å². The molecule has 0 aliphatic rings. The van der Waals surface area contributed by atoms with Crippen molar-refractivity contribution in [1.29, 1.82) is 0 Å². The molecule has 0 fully saturated rings. The van der Waals surface area contributed by atoms with Gasteiger partial charge in [0.2, 0.25) is 0 Å². The standard InChI is InChI=1S/C15H26NP/c1-12-9-8-10-16-13(12)11-17(14(2,3)4)15(5,6)7/h8-10H,11H2,1-7H3. The van der Waals surface area contributed by atoms with Crippen LogP contribution in [0.5, 0.6) is 0 Å². The smallest absolute Gasteiger partial charge is 0.0475 e. The highest BCUT2D eigenvalue weighted by molar-refractivity contribution is 7.60. The summed E-state index contributed by atoms with van der Waals surface area (Å²) in [6, 6.07) is 4.19. The first-order valence-electron chi connectivity index (χ1n) is 6.30. The molecule has 0 aliphatic heterocycles. The second kappa shape index (κ2) is 5.06. The lowest BCUT2D eigenvalue weighted by atomic mass is 10.2. The fourth-order valence-corrected chi connectivity index (χ4v) is 5.91. The van der Waals surface area contributed by atoms with E-state index in [2.05, 4.69) is 59.5 Å². The van der Waals surface area contributed by atoms with Gasteiger partial charge in [0.15, 0.2) is 0 Å². The predicted molar refractivity (Wildman–Crippen MR) is 79.1 cm³/mol. The first-order valence-corrected chi connectivity index (χ1v) is 7.83. The Kier molecular flexibility index (Phi) is 4.36. The lowest BCUT2D eigenvalue weighted by Gasteiger charge is -2.41. The van der Waals surface area contributed by atoms with Gasteiger partial charge in [-0.2, -0.15) is 0 Å². The average molecular weight is 251 g/mol. The molecule has 1 aromatic heterocycles. The molecule has 0 radical (unpaired) electrons. The van der Waals surface area contributed by atoms with E-state index in [1.54, 1.807) is 0 Å². The molecule has 1 heterocycles. The Balaban J connectivity index is 3.00. The van der Waals surface area contributed by atoms with Crippen LogP contribution in [0.3, 0.4) is 0 Å². The molecule has 0 saturated heterocycles. The van der Waals surface area contributed by atoms with Crippen LogP contribution in [0.25, 0.3) is 0 Å². The van der Waals surface area contributed by atoms with Crippen molar-refractivity contribution in [3.63, 3.8) is 0 Å². The van der Waals surface area contributed by atoms with Crippen molar-refractivity contribution in [2.45, 2.75) is 64.9 Å². The van der Waals surface area contributed by atoms with Gasteiger partial charge in [-0.05, 0) is 28.9 Å². The van der Waals surface area contributed by atoms with Crippen LogP contribution in [0.2, 0.25) is 0 Å². The molecule has 17 heavy (non-hydrogen) atoms. The topological polar surface area (TPSA) is 12.9 Å². The number of rotatable bonds is 2. The molecule has 0 aliphatic carbocycles. The third-order valence-electron chi connectivity index (χ3n) is 3.05. The zero-order chi connectivity index (χ0) is 13.3. The van der Waals surface area contributed by atoms with Crippen molar-refractivity contribution < 1.29 is 0 Å². The van der Waals surface area contributed by atoms with Gasteiger partial charge in [0.25, 0.3) is 0 Å². The Morgan fingerprint density at radius 3 is 2.00 bits per heavy atom. The molecule has 0 atom stereocenters. The zero-order valence-electron chi connectivity index (χ0n) is 12.3. The molecule has 0 spiro atoms. The minimum atomic E-state index is -0.0977. The molecule has 0 aromatic carbocycles. The number of hydrogen-bond donors (Lipinski definition) is 0. The Hall–Kier alpha value is -0.420. The van der Waals surface area contributed by atoms with Crippen molar-refractivity contribution in [3.8, 4) is 0 Å². The van der Waals surface area contributed by atoms with Crippen LogP contribution in [-0.4, -0.2) is 15.3 Å². The zero-order valence-corrected chi connectivity index (χ0v) is 13.2. The molecular formula is C15H26NP. The third kappa shape index (κ3) is 4.07. The SMILES string of the molecule is Cc1cccnc1CP(C(C)(C)C)C(C)(C)C. The largest absolute Gasteiger partial charge is 0.261 e. The minimum absolute atomic E-state index is 0.0977. The maximum atomic E-state index is 4.56. The van der Waals surface area contributed by atoms with Gasteiger partial charge in [-0.25, -0.2) is 0 Å². The number of pyridine rings is 1. The molecule has 1 rings (SSSR count). The van der Waals surface area contributed by atoms with Gasteiger partial charge in [-0.1, -0.05) is 55.5 Å². The number of hydrogen-bond acceptors (Lipinski definition) is 1. The van der Waals surface area contributed by atoms with Crippen molar-refractivity contribution in [1.82, 2.24) is 4.98 Å². The number of aromatic nitrogens is 1. The molecule has 96 valence electrons. The summed E-state index contributed by atoms with van der Waals surface area (Å²) in [6.07, 6.45) is 3.05. The average Bonchev–Trinajstić information content (AvgIpc) is 2.12. The first kappa shape index (κ1) is 14.6. The van der Waals surface area contributed by atoms with Gasteiger partial charge >= 0.3 is 0 Å². The van der Waals surface area contributed by atoms with Crippen LogP contribution in [0.4, 0.5) is 0 Å². The van der Waals surface area contributed by atoms with Gasteiger partial charge < -0.3 is 0 Å². The Morgan fingerprint density at radius 1 is 1.06 bits per heavy atom. The van der Waals surface area contributed by atoms with Crippen LogP contribution in [0.1, 0.15) is 52.8 Å². The first-order chi connectivity index (χ1) is 7.62. The van der Waals surface area contributed by atoms with E-state index in [1.807, 2.05) is 12.3 Å². The van der Waals surface area contributed by atoms with Gasteiger partial charge in [0.05, 0.1) is 0 Å². The van der Waals surface area contributed by atoms with Crippen molar-refractivity contribution >= 4 is 7.92 Å².